The van der Waals surface area contributed by atoms with Crippen LogP contribution in [0.1, 0.15) is 25.7 Å². The highest BCUT2D eigenvalue weighted by Crippen LogP contribution is 2.31. The Kier molecular flexibility index (Phi) is 6.43. The quantitative estimate of drug-likeness (QED) is 0.401. The molecule has 0 saturated heterocycles. The van der Waals surface area contributed by atoms with Crippen LogP contribution >= 0.6 is 22.9 Å². The predicted molar refractivity (Wildman–Crippen MR) is 127 cm³/mol. The summed E-state index contributed by atoms with van der Waals surface area (Å²) in [7, 11) is 1.52. The van der Waals surface area contributed by atoms with E-state index in [9.17, 15) is 14.4 Å². The lowest BCUT2D eigenvalue weighted by Gasteiger charge is -2.07. The number of ether oxygens (including phenoxy) is 1. The van der Waals surface area contributed by atoms with Crippen molar-refractivity contribution < 1.29 is 19.1 Å². The van der Waals surface area contributed by atoms with Crippen LogP contribution in [-0.4, -0.2) is 41.2 Å². The Labute approximate surface area is 198 Å². The molecule has 0 unspecified atom stereocenters. The molecule has 33 heavy (non-hydrogen) atoms. The van der Waals surface area contributed by atoms with E-state index in [0.29, 0.717) is 21.2 Å². The third kappa shape index (κ3) is 4.89. The molecule has 2 aromatic carbocycles. The molecule has 2 heterocycles. The number of benzene rings is 2. The molecule has 168 valence electrons. The normalized spacial score (nSPS) is 10.8. The maximum atomic E-state index is 12.6. The third-order valence-corrected chi connectivity index (χ3v) is 6.09. The average Bonchev–Trinajstić information content (AvgIpc) is 3.38. The van der Waals surface area contributed by atoms with Gasteiger partial charge in [0.15, 0.2) is 6.61 Å². The second kappa shape index (κ2) is 9.43. The summed E-state index contributed by atoms with van der Waals surface area (Å²) >= 11 is 7.32. The van der Waals surface area contributed by atoms with E-state index in [1.165, 1.54) is 24.5 Å². The molecule has 0 aliphatic carbocycles. The van der Waals surface area contributed by atoms with Crippen molar-refractivity contribution in [3.8, 4) is 5.69 Å². The Balaban J connectivity index is 1.45. The Morgan fingerprint density at radius 3 is 2.67 bits per heavy atom. The molecule has 2 aromatic heterocycles. The van der Waals surface area contributed by atoms with E-state index in [4.69, 9.17) is 16.3 Å². The van der Waals surface area contributed by atoms with Crippen LogP contribution in [-0.2, 0) is 9.53 Å². The molecule has 0 aliphatic heterocycles. The number of carbonyl (C=O) groups excluding carboxylic acids is 3. The molecule has 0 bridgehead atoms. The van der Waals surface area contributed by atoms with E-state index in [1.54, 1.807) is 41.1 Å². The standard InChI is InChI=1S/C23H19ClN4O4S/c1-13-18-11-19(33-22(18)28(27-13)17-8-4-6-15(24)10-17)23(31)32-12-20(29)26-16-7-3-5-14(9-16)21(30)25-2/h3-11H,12H2,1-2H3,(H,25,30)(H,26,29). The summed E-state index contributed by atoms with van der Waals surface area (Å²) in [6.07, 6.45) is 0. The van der Waals surface area contributed by atoms with Gasteiger partial charge in [-0.05, 0) is 49.4 Å². The number of esters is 1. The van der Waals surface area contributed by atoms with Crippen LogP contribution in [0.3, 0.4) is 0 Å². The minimum Gasteiger partial charge on any atom is -0.451 e. The van der Waals surface area contributed by atoms with Gasteiger partial charge in [0.1, 0.15) is 9.71 Å². The summed E-state index contributed by atoms with van der Waals surface area (Å²) in [5, 5.41) is 11.1. The fraction of sp³-hybridized carbons (Fsp3) is 0.130. The fourth-order valence-electron chi connectivity index (χ4n) is 3.21. The zero-order chi connectivity index (χ0) is 23.5. The summed E-state index contributed by atoms with van der Waals surface area (Å²) in [4.78, 5) is 37.7. The molecular weight excluding hydrogens is 464 g/mol. The molecule has 2 amide bonds. The van der Waals surface area contributed by atoms with Gasteiger partial charge in [-0.3, -0.25) is 9.59 Å². The average molecular weight is 483 g/mol. The maximum absolute atomic E-state index is 12.6. The van der Waals surface area contributed by atoms with Gasteiger partial charge < -0.3 is 15.4 Å². The van der Waals surface area contributed by atoms with Crippen LogP contribution < -0.4 is 10.6 Å². The molecule has 0 aliphatic rings. The highest BCUT2D eigenvalue weighted by molar-refractivity contribution is 7.20. The van der Waals surface area contributed by atoms with Gasteiger partial charge >= 0.3 is 5.97 Å². The number of hydrogen-bond donors (Lipinski definition) is 2. The zero-order valence-electron chi connectivity index (χ0n) is 17.7. The van der Waals surface area contributed by atoms with Crippen molar-refractivity contribution in [1.29, 1.82) is 0 Å². The number of anilines is 1. The van der Waals surface area contributed by atoms with Gasteiger partial charge in [0.2, 0.25) is 0 Å². The van der Waals surface area contributed by atoms with Crippen molar-refractivity contribution >= 4 is 56.6 Å². The number of carbonyl (C=O) groups is 3. The van der Waals surface area contributed by atoms with Crippen LogP contribution in [0.4, 0.5) is 5.69 Å². The van der Waals surface area contributed by atoms with Crippen molar-refractivity contribution in [2.24, 2.45) is 0 Å². The molecule has 0 saturated carbocycles. The number of aromatic nitrogens is 2. The largest absolute Gasteiger partial charge is 0.451 e. The Bertz CT molecular complexity index is 1380. The molecule has 8 nitrogen and oxygen atoms in total. The van der Waals surface area contributed by atoms with Crippen molar-refractivity contribution in [3.05, 3.63) is 75.8 Å². The highest BCUT2D eigenvalue weighted by atomic mass is 35.5. The Morgan fingerprint density at radius 1 is 1.12 bits per heavy atom. The van der Waals surface area contributed by atoms with Gasteiger partial charge in [-0.2, -0.15) is 5.10 Å². The lowest BCUT2D eigenvalue weighted by molar-refractivity contribution is -0.119. The first-order chi connectivity index (χ1) is 15.9. The third-order valence-electron chi connectivity index (χ3n) is 4.77. The molecule has 10 heteroatoms. The van der Waals surface area contributed by atoms with Crippen LogP contribution in [0, 0.1) is 6.92 Å². The Hall–Kier alpha value is -3.69. The van der Waals surface area contributed by atoms with Gasteiger partial charge in [0.25, 0.3) is 11.8 Å². The summed E-state index contributed by atoms with van der Waals surface area (Å²) in [5.74, 6) is -1.39. The summed E-state index contributed by atoms with van der Waals surface area (Å²) in [6.45, 7) is 1.39. The van der Waals surface area contributed by atoms with Gasteiger partial charge in [-0.15, -0.1) is 11.3 Å². The van der Waals surface area contributed by atoms with Crippen LogP contribution in [0.15, 0.2) is 54.6 Å². The van der Waals surface area contributed by atoms with Crippen molar-refractivity contribution in [2.45, 2.75) is 6.92 Å². The molecule has 4 aromatic rings. The number of amides is 2. The van der Waals surface area contributed by atoms with E-state index in [0.717, 1.165) is 21.6 Å². The second-order valence-electron chi connectivity index (χ2n) is 7.09. The number of nitrogens with zero attached hydrogens (tertiary/aromatic N) is 2. The molecule has 0 radical (unpaired) electrons. The van der Waals surface area contributed by atoms with Crippen LogP contribution in [0.2, 0.25) is 5.02 Å². The van der Waals surface area contributed by atoms with Gasteiger partial charge in [0, 0.05) is 28.7 Å². The number of rotatable bonds is 6. The van der Waals surface area contributed by atoms with Gasteiger partial charge in [-0.1, -0.05) is 23.7 Å². The number of hydrogen-bond acceptors (Lipinski definition) is 6. The molecule has 0 atom stereocenters. The molecular formula is C23H19ClN4O4S. The number of aryl methyl sites for hydroxylation is 1. The van der Waals surface area contributed by atoms with E-state index in [-0.39, 0.29) is 5.91 Å². The van der Waals surface area contributed by atoms with Crippen molar-refractivity contribution in [3.63, 3.8) is 0 Å². The first-order valence-electron chi connectivity index (χ1n) is 9.90. The first-order valence-corrected chi connectivity index (χ1v) is 11.1. The summed E-state index contributed by atoms with van der Waals surface area (Å²) < 4.78 is 6.92. The summed E-state index contributed by atoms with van der Waals surface area (Å²) in [5.41, 5.74) is 2.37. The molecule has 2 N–H and O–H groups in total. The topological polar surface area (TPSA) is 102 Å². The first kappa shape index (κ1) is 22.5. The lowest BCUT2D eigenvalue weighted by Crippen LogP contribution is -2.21. The number of nitrogens with one attached hydrogen (secondary N) is 2. The second-order valence-corrected chi connectivity index (χ2v) is 8.56. The molecule has 0 spiro atoms. The van der Waals surface area contributed by atoms with Crippen molar-refractivity contribution in [2.75, 3.05) is 19.0 Å². The van der Waals surface area contributed by atoms with E-state index >= 15 is 0 Å². The number of halogens is 1. The minimum absolute atomic E-state index is 0.270. The van der Waals surface area contributed by atoms with E-state index < -0.39 is 18.5 Å². The molecule has 4 rings (SSSR count). The lowest BCUT2D eigenvalue weighted by atomic mass is 10.2. The van der Waals surface area contributed by atoms with Crippen molar-refractivity contribution in [1.82, 2.24) is 15.1 Å². The number of fused-ring (bicyclic) bond motifs is 1. The smallest absolute Gasteiger partial charge is 0.348 e. The highest BCUT2D eigenvalue weighted by Gasteiger charge is 2.19. The summed E-state index contributed by atoms with van der Waals surface area (Å²) in [6, 6.07) is 15.4. The Morgan fingerprint density at radius 2 is 1.91 bits per heavy atom. The van der Waals surface area contributed by atoms with Gasteiger partial charge in [-0.25, -0.2) is 9.48 Å². The van der Waals surface area contributed by atoms with E-state index in [1.807, 2.05) is 19.1 Å². The van der Waals surface area contributed by atoms with E-state index in [2.05, 4.69) is 15.7 Å². The monoisotopic (exact) mass is 482 g/mol. The SMILES string of the molecule is CNC(=O)c1cccc(NC(=O)COC(=O)c2cc3c(C)nn(-c4cccc(Cl)c4)c3s2)c1. The zero-order valence-corrected chi connectivity index (χ0v) is 19.3. The fourth-order valence-corrected chi connectivity index (χ4v) is 4.47. The predicted octanol–water partition coefficient (Wildman–Crippen LogP) is 4.20. The minimum atomic E-state index is -0.609. The van der Waals surface area contributed by atoms with Crippen LogP contribution in [0.5, 0.6) is 0 Å². The molecule has 0 fully saturated rings. The number of thiophene rings is 1. The van der Waals surface area contributed by atoms with Crippen LogP contribution in [0.25, 0.3) is 15.9 Å². The van der Waals surface area contributed by atoms with Gasteiger partial charge in [0.05, 0.1) is 11.4 Å². The maximum Gasteiger partial charge on any atom is 0.348 e.